The number of pyridine rings is 1. The van der Waals surface area contributed by atoms with Crippen molar-refractivity contribution in [2.45, 2.75) is 25.8 Å². The van der Waals surface area contributed by atoms with E-state index in [-0.39, 0.29) is 17.9 Å². The van der Waals surface area contributed by atoms with Crippen LogP contribution in [-0.2, 0) is 4.79 Å². The van der Waals surface area contributed by atoms with Crippen LogP contribution >= 0.6 is 0 Å². The number of aromatic nitrogens is 2. The molecule has 3 aromatic rings. The summed E-state index contributed by atoms with van der Waals surface area (Å²) in [5, 5.41) is 1.23. The van der Waals surface area contributed by atoms with E-state index in [4.69, 9.17) is 5.73 Å². The van der Waals surface area contributed by atoms with E-state index in [1.165, 1.54) is 16.6 Å². The topological polar surface area (TPSA) is 75.0 Å². The lowest BCUT2D eigenvalue weighted by Gasteiger charge is -2.37. The first-order valence-electron chi connectivity index (χ1n) is 9.16. The fourth-order valence-corrected chi connectivity index (χ4v) is 4.15. The van der Waals surface area contributed by atoms with Crippen molar-refractivity contribution in [1.29, 1.82) is 0 Å². The molecule has 3 N–H and O–H groups in total. The van der Waals surface area contributed by atoms with E-state index < -0.39 is 0 Å². The van der Waals surface area contributed by atoms with Gasteiger partial charge in [-0.05, 0) is 51.1 Å². The molecule has 4 rings (SSSR count). The van der Waals surface area contributed by atoms with Crippen LogP contribution in [0.25, 0.3) is 10.9 Å². The van der Waals surface area contributed by atoms with Crippen molar-refractivity contribution in [3.8, 4) is 0 Å². The summed E-state index contributed by atoms with van der Waals surface area (Å²) in [6, 6.07) is 14.6. The number of aryl methyl sites for hydroxylation is 1. The highest BCUT2D eigenvalue weighted by Crippen LogP contribution is 2.37. The first-order chi connectivity index (χ1) is 12.6. The number of nitrogens with one attached hydrogen (secondary N) is 1. The van der Waals surface area contributed by atoms with Crippen molar-refractivity contribution < 1.29 is 4.79 Å². The Kier molecular flexibility index (Phi) is 4.47. The Morgan fingerprint density at radius 1 is 1.19 bits per heavy atom. The van der Waals surface area contributed by atoms with Gasteiger partial charge in [0.2, 0.25) is 5.91 Å². The van der Waals surface area contributed by atoms with E-state index in [2.05, 4.69) is 52.1 Å². The zero-order chi connectivity index (χ0) is 18.1. The predicted octanol–water partition coefficient (Wildman–Crippen LogP) is 3.16. The van der Waals surface area contributed by atoms with Crippen molar-refractivity contribution in [2.24, 2.45) is 11.7 Å². The van der Waals surface area contributed by atoms with Crippen molar-refractivity contribution >= 4 is 16.8 Å². The number of primary amides is 1. The number of carbonyl (C=O) groups excluding carboxylic acids is 1. The molecular weight excluding hydrogens is 324 g/mol. The summed E-state index contributed by atoms with van der Waals surface area (Å²) >= 11 is 0. The molecule has 1 aliphatic heterocycles. The van der Waals surface area contributed by atoms with Gasteiger partial charge in [0.1, 0.15) is 0 Å². The third kappa shape index (κ3) is 2.99. The molecule has 1 amide bonds. The zero-order valence-corrected chi connectivity index (χ0v) is 15.0. The minimum Gasteiger partial charge on any atom is -0.369 e. The van der Waals surface area contributed by atoms with Gasteiger partial charge in [-0.2, -0.15) is 0 Å². The van der Waals surface area contributed by atoms with E-state index in [0.29, 0.717) is 0 Å². The first-order valence-corrected chi connectivity index (χ1v) is 9.16. The number of nitrogens with zero attached hydrogens (tertiary/aromatic N) is 2. The molecule has 1 aliphatic rings. The molecule has 5 heteroatoms. The largest absolute Gasteiger partial charge is 0.369 e. The minimum absolute atomic E-state index is 0.0142. The highest BCUT2D eigenvalue weighted by Gasteiger charge is 2.32. The van der Waals surface area contributed by atoms with E-state index in [9.17, 15) is 4.79 Å². The maximum Gasteiger partial charge on any atom is 0.220 e. The number of amides is 1. The van der Waals surface area contributed by atoms with E-state index in [1.54, 1.807) is 0 Å². The Morgan fingerprint density at radius 3 is 2.62 bits per heavy atom. The Hall–Kier alpha value is -2.66. The number of likely N-dealkylation sites (tertiary alicyclic amines) is 1. The molecule has 0 saturated carbocycles. The number of piperidine rings is 1. The molecule has 1 fully saturated rings. The van der Waals surface area contributed by atoms with Crippen LogP contribution in [0.4, 0.5) is 0 Å². The molecule has 26 heavy (non-hydrogen) atoms. The van der Waals surface area contributed by atoms with Crippen LogP contribution < -0.4 is 5.73 Å². The molecule has 5 nitrogen and oxygen atoms in total. The van der Waals surface area contributed by atoms with Crippen LogP contribution in [0.15, 0.2) is 48.7 Å². The smallest absolute Gasteiger partial charge is 0.220 e. The van der Waals surface area contributed by atoms with Crippen LogP contribution in [0, 0.1) is 12.8 Å². The lowest BCUT2D eigenvalue weighted by atomic mass is 9.91. The maximum atomic E-state index is 11.5. The minimum atomic E-state index is -0.178. The monoisotopic (exact) mass is 348 g/mol. The number of rotatable bonds is 4. The number of hydrogen-bond donors (Lipinski definition) is 2. The van der Waals surface area contributed by atoms with Crippen LogP contribution in [0.5, 0.6) is 0 Å². The van der Waals surface area contributed by atoms with Crippen molar-refractivity contribution in [3.63, 3.8) is 0 Å². The maximum absolute atomic E-state index is 11.5. The summed E-state index contributed by atoms with van der Waals surface area (Å²) in [6.45, 7) is 3.81. The molecule has 1 atom stereocenters. The van der Waals surface area contributed by atoms with Gasteiger partial charge in [-0.3, -0.25) is 14.7 Å². The number of nitrogens with two attached hydrogens (primary N) is 1. The van der Waals surface area contributed by atoms with Crippen molar-refractivity contribution in [2.75, 3.05) is 13.1 Å². The van der Waals surface area contributed by atoms with Crippen molar-refractivity contribution in [1.82, 2.24) is 14.9 Å². The molecule has 0 radical (unpaired) electrons. The average molecular weight is 348 g/mol. The number of carbonyl (C=O) groups is 1. The van der Waals surface area contributed by atoms with Crippen molar-refractivity contribution in [3.05, 3.63) is 65.6 Å². The molecule has 0 spiro atoms. The van der Waals surface area contributed by atoms with E-state index >= 15 is 0 Å². The molecule has 0 bridgehead atoms. The van der Waals surface area contributed by atoms with Crippen LogP contribution in [0.3, 0.4) is 0 Å². The summed E-state index contributed by atoms with van der Waals surface area (Å²) in [6.07, 6.45) is 3.46. The van der Waals surface area contributed by atoms with Gasteiger partial charge in [-0.25, -0.2) is 0 Å². The van der Waals surface area contributed by atoms with Crippen LogP contribution in [-0.4, -0.2) is 33.9 Å². The highest BCUT2D eigenvalue weighted by molar-refractivity contribution is 5.85. The Balaban J connectivity index is 1.77. The molecule has 134 valence electrons. The number of para-hydroxylation sites is 1. The van der Waals surface area contributed by atoms with Gasteiger partial charge in [-0.1, -0.05) is 24.3 Å². The summed E-state index contributed by atoms with van der Waals surface area (Å²) in [4.78, 5) is 22.2. The second-order valence-corrected chi connectivity index (χ2v) is 7.08. The number of aromatic amines is 1. The van der Waals surface area contributed by atoms with E-state index in [1.807, 2.05) is 18.3 Å². The summed E-state index contributed by atoms with van der Waals surface area (Å²) < 4.78 is 0. The van der Waals surface area contributed by atoms with Gasteiger partial charge < -0.3 is 10.7 Å². The second kappa shape index (κ2) is 6.92. The Bertz CT molecular complexity index is 910. The van der Waals surface area contributed by atoms with E-state index in [0.717, 1.165) is 37.1 Å². The fourth-order valence-electron chi connectivity index (χ4n) is 4.15. The SMILES string of the molecule is Cc1[nH]c2ccccc2c1[C@H](c1ccccn1)N1CCC(C(N)=O)CC1. The Morgan fingerprint density at radius 2 is 1.92 bits per heavy atom. The van der Waals surface area contributed by atoms with Gasteiger partial charge in [0.25, 0.3) is 0 Å². The Labute approximate surface area is 153 Å². The zero-order valence-electron chi connectivity index (χ0n) is 15.0. The number of benzene rings is 1. The van der Waals surface area contributed by atoms with Gasteiger partial charge in [0.15, 0.2) is 0 Å². The molecule has 0 aliphatic carbocycles. The van der Waals surface area contributed by atoms with Crippen LogP contribution in [0.1, 0.15) is 35.8 Å². The average Bonchev–Trinajstić information content (AvgIpc) is 2.99. The summed E-state index contributed by atoms with van der Waals surface area (Å²) in [5.41, 5.74) is 10.1. The highest BCUT2D eigenvalue weighted by atomic mass is 16.1. The first kappa shape index (κ1) is 16.8. The lowest BCUT2D eigenvalue weighted by Crippen LogP contribution is -2.41. The normalized spacial score (nSPS) is 17.4. The quantitative estimate of drug-likeness (QED) is 0.760. The predicted molar refractivity (Wildman–Crippen MR) is 103 cm³/mol. The standard InChI is InChI=1S/C21H24N4O/c1-14-19(16-6-2-3-7-17(16)24-14)20(18-8-4-5-11-23-18)25-12-9-15(10-13-25)21(22)26/h2-8,11,15,20,24H,9-10,12-13H2,1H3,(H2,22,26)/t20-/m0/s1. The summed E-state index contributed by atoms with van der Waals surface area (Å²) in [7, 11) is 0. The van der Waals surface area contributed by atoms with Gasteiger partial charge in [0.05, 0.1) is 11.7 Å². The molecule has 1 aromatic carbocycles. The number of hydrogen-bond acceptors (Lipinski definition) is 3. The number of fused-ring (bicyclic) bond motifs is 1. The summed E-state index contributed by atoms with van der Waals surface area (Å²) in [5.74, 6) is -0.193. The van der Waals surface area contributed by atoms with Gasteiger partial charge in [-0.15, -0.1) is 0 Å². The second-order valence-electron chi connectivity index (χ2n) is 7.08. The van der Waals surface area contributed by atoms with Gasteiger partial charge >= 0.3 is 0 Å². The van der Waals surface area contributed by atoms with Crippen LogP contribution in [0.2, 0.25) is 0 Å². The third-order valence-electron chi connectivity index (χ3n) is 5.48. The lowest BCUT2D eigenvalue weighted by molar-refractivity contribution is -0.123. The molecule has 0 unspecified atom stereocenters. The fraction of sp³-hybridized carbons (Fsp3) is 0.333. The molecule has 2 aromatic heterocycles. The van der Waals surface area contributed by atoms with Gasteiger partial charge in [0, 0.05) is 34.3 Å². The number of H-pyrrole nitrogens is 1. The molecule has 3 heterocycles. The molecule has 1 saturated heterocycles. The third-order valence-corrected chi connectivity index (χ3v) is 5.48. The molecular formula is C21H24N4O.